The van der Waals surface area contributed by atoms with Gasteiger partial charge in [-0.2, -0.15) is 0 Å². The van der Waals surface area contributed by atoms with Gasteiger partial charge in [0.1, 0.15) is 11.8 Å². The van der Waals surface area contributed by atoms with E-state index in [1.54, 1.807) is 36.3 Å². The molecule has 0 radical (unpaired) electrons. The van der Waals surface area contributed by atoms with Gasteiger partial charge in [-0.15, -0.1) is 0 Å². The van der Waals surface area contributed by atoms with Crippen LogP contribution in [0.25, 0.3) is 0 Å². The molecule has 1 atom stereocenters. The highest BCUT2D eigenvalue weighted by atomic mass is 32.2. The number of hydrogen-bond donors (Lipinski definition) is 1. The van der Waals surface area contributed by atoms with E-state index < -0.39 is 16.1 Å². The molecule has 8 nitrogen and oxygen atoms in total. The topological polar surface area (TPSA) is 96.0 Å². The van der Waals surface area contributed by atoms with Gasteiger partial charge in [0.2, 0.25) is 21.8 Å². The number of benzene rings is 2. The molecule has 0 aliphatic heterocycles. The lowest BCUT2D eigenvalue weighted by Crippen LogP contribution is -2.51. The van der Waals surface area contributed by atoms with Crippen LogP contribution in [0.2, 0.25) is 0 Å². The first-order chi connectivity index (χ1) is 17.1. The van der Waals surface area contributed by atoms with Gasteiger partial charge in [0.15, 0.2) is 0 Å². The van der Waals surface area contributed by atoms with Crippen molar-refractivity contribution >= 4 is 27.5 Å². The van der Waals surface area contributed by atoms with Crippen LogP contribution in [0.1, 0.15) is 45.6 Å². The zero-order valence-electron chi connectivity index (χ0n) is 21.9. The first kappa shape index (κ1) is 29.2. The number of hydrogen-bond acceptors (Lipinski definition) is 5. The van der Waals surface area contributed by atoms with E-state index in [0.29, 0.717) is 37.2 Å². The van der Waals surface area contributed by atoms with Crippen molar-refractivity contribution in [1.82, 2.24) is 10.2 Å². The summed E-state index contributed by atoms with van der Waals surface area (Å²) in [6, 6.07) is 16.0. The van der Waals surface area contributed by atoms with Crippen molar-refractivity contribution in [3.8, 4) is 5.75 Å². The molecular formula is C27H39N3O5S. The van der Waals surface area contributed by atoms with E-state index >= 15 is 0 Å². The summed E-state index contributed by atoms with van der Waals surface area (Å²) in [6.07, 6.45) is 2.71. The Morgan fingerprint density at radius 3 is 2.17 bits per heavy atom. The van der Waals surface area contributed by atoms with Crippen molar-refractivity contribution in [2.45, 2.75) is 58.5 Å². The average Bonchev–Trinajstić information content (AvgIpc) is 2.83. The highest BCUT2D eigenvalue weighted by Crippen LogP contribution is 2.22. The van der Waals surface area contributed by atoms with E-state index in [1.807, 2.05) is 51.1 Å². The summed E-state index contributed by atoms with van der Waals surface area (Å²) in [6.45, 7) is 6.22. The van der Waals surface area contributed by atoms with E-state index in [1.165, 1.54) is 4.31 Å². The lowest BCUT2D eigenvalue weighted by molar-refractivity contribution is -0.141. The van der Waals surface area contributed by atoms with Gasteiger partial charge in [-0.1, -0.05) is 37.3 Å². The molecule has 0 aliphatic rings. The zero-order chi connectivity index (χ0) is 26.7. The Morgan fingerprint density at radius 2 is 1.64 bits per heavy atom. The van der Waals surface area contributed by atoms with Crippen LogP contribution in [0.5, 0.6) is 5.75 Å². The molecule has 0 saturated heterocycles. The van der Waals surface area contributed by atoms with Crippen molar-refractivity contribution in [3.63, 3.8) is 0 Å². The Labute approximate surface area is 215 Å². The summed E-state index contributed by atoms with van der Waals surface area (Å²) < 4.78 is 31.3. The Bertz CT molecular complexity index is 1070. The largest absolute Gasteiger partial charge is 0.497 e. The smallest absolute Gasteiger partial charge is 0.242 e. The Morgan fingerprint density at radius 1 is 1.00 bits per heavy atom. The summed E-state index contributed by atoms with van der Waals surface area (Å²) in [4.78, 5) is 27.9. The van der Waals surface area contributed by atoms with Gasteiger partial charge < -0.3 is 15.0 Å². The summed E-state index contributed by atoms with van der Waals surface area (Å²) in [5, 5.41) is 2.92. The molecule has 1 N–H and O–H groups in total. The molecule has 36 heavy (non-hydrogen) atoms. The number of amides is 2. The number of carbonyl (C=O) groups is 2. The predicted molar refractivity (Wildman–Crippen MR) is 144 cm³/mol. The molecular weight excluding hydrogens is 478 g/mol. The number of carbonyl (C=O) groups excluding carboxylic acids is 2. The Kier molecular flexibility index (Phi) is 11.2. The number of nitrogens with one attached hydrogen (secondary N) is 1. The average molecular weight is 518 g/mol. The molecule has 0 bridgehead atoms. The summed E-state index contributed by atoms with van der Waals surface area (Å²) in [5.41, 5.74) is 1.59. The minimum Gasteiger partial charge on any atom is -0.497 e. The third-order valence-electron chi connectivity index (χ3n) is 5.81. The second-order valence-corrected chi connectivity index (χ2v) is 11.0. The van der Waals surface area contributed by atoms with Crippen LogP contribution in [-0.2, 0) is 26.0 Å². The van der Waals surface area contributed by atoms with Gasteiger partial charge in [0.25, 0.3) is 0 Å². The van der Waals surface area contributed by atoms with Crippen molar-refractivity contribution in [3.05, 3.63) is 60.2 Å². The maximum absolute atomic E-state index is 13.4. The van der Waals surface area contributed by atoms with Crippen LogP contribution in [0.4, 0.5) is 5.69 Å². The molecule has 198 valence electrons. The number of methoxy groups -OCH3 is 1. The highest BCUT2D eigenvalue weighted by Gasteiger charge is 2.28. The molecule has 0 heterocycles. The van der Waals surface area contributed by atoms with E-state index in [9.17, 15) is 18.0 Å². The lowest BCUT2D eigenvalue weighted by Gasteiger charge is -2.31. The van der Waals surface area contributed by atoms with E-state index in [-0.39, 0.29) is 30.8 Å². The third kappa shape index (κ3) is 8.86. The highest BCUT2D eigenvalue weighted by molar-refractivity contribution is 7.92. The number of nitrogens with zero attached hydrogens (tertiary/aromatic N) is 2. The zero-order valence-corrected chi connectivity index (χ0v) is 22.8. The quantitative estimate of drug-likeness (QED) is 0.413. The monoisotopic (exact) mass is 517 g/mol. The minimum atomic E-state index is -3.55. The van der Waals surface area contributed by atoms with Crippen molar-refractivity contribution in [2.75, 3.05) is 30.8 Å². The van der Waals surface area contributed by atoms with E-state index in [0.717, 1.165) is 11.8 Å². The second-order valence-electron chi connectivity index (χ2n) is 9.05. The normalized spacial score (nSPS) is 12.2. The molecule has 2 aromatic rings. The number of ether oxygens (including phenoxy) is 1. The van der Waals surface area contributed by atoms with Crippen LogP contribution in [-0.4, -0.2) is 63.7 Å². The van der Waals surface area contributed by atoms with Crippen molar-refractivity contribution in [2.24, 2.45) is 0 Å². The summed E-state index contributed by atoms with van der Waals surface area (Å²) >= 11 is 0. The van der Waals surface area contributed by atoms with E-state index in [4.69, 9.17) is 4.74 Å². The number of anilines is 1. The minimum absolute atomic E-state index is 0.0366. The standard InChI is InChI=1S/C27H39N3O5S/c1-6-25(27(32)28-21(2)3)29(20-18-22-11-8-7-9-12-22)26(31)13-10-19-30(36(5,33)34)23-14-16-24(35-4)17-15-23/h7-9,11-12,14-17,21,25H,6,10,13,18-20H2,1-5H3,(H,28,32)/t25-/m0/s1. The maximum Gasteiger partial charge on any atom is 0.242 e. The van der Waals surface area contributed by atoms with Gasteiger partial charge in [0.05, 0.1) is 19.1 Å². The van der Waals surface area contributed by atoms with Crippen molar-refractivity contribution in [1.29, 1.82) is 0 Å². The fourth-order valence-electron chi connectivity index (χ4n) is 4.03. The third-order valence-corrected chi connectivity index (χ3v) is 7.01. The molecule has 0 aromatic heterocycles. The molecule has 2 amide bonds. The summed E-state index contributed by atoms with van der Waals surface area (Å²) in [7, 11) is -2.00. The first-order valence-electron chi connectivity index (χ1n) is 12.3. The van der Waals surface area contributed by atoms with Gasteiger partial charge in [-0.3, -0.25) is 13.9 Å². The fourth-order valence-corrected chi connectivity index (χ4v) is 4.99. The number of rotatable bonds is 14. The SMILES string of the molecule is CC[C@@H](C(=O)NC(C)C)N(CCc1ccccc1)C(=O)CCCN(c1ccc(OC)cc1)S(C)(=O)=O. The van der Waals surface area contributed by atoms with Crippen LogP contribution < -0.4 is 14.4 Å². The lowest BCUT2D eigenvalue weighted by atomic mass is 10.1. The Hall–Kier alpha value is -3.07. The van der Waals surface area contributed by atoms with Gasteiger partial charge in [-0.25, -0.2) is 8.42 Å². The van der Waals surface area contributed by atoms with Gasteiger partial charge in [0, 0.05) is 25.6 Å². The van der Waals surface area contributed by atoms with Gasteiger partial charge in [-0.05, 0) is 62.9 Å². The molecule has 0 unspecified atom stereocenters. The predicted octanol–water partition coefficient (Wildman–Crippen LogP) is 3.62. The van der Waals surface area contributed by atoms with Crippen LogP contribution in [0.15, 0.2) is 54.6 Å². The van der Waals surface area contributed by atoms with Crippen LogP contribution >= 0.6 is 0 Å². The molecule has 0 fully saturated rings. The first-order valence-corrected chi connectivity index (χ1v) is 14.2. The van der Waals surface area contributed by atoms with Gasteiger partial charge >= 0.3 is 0 Å². The summed E-state index contributed by atoms with van der Waals surface area (Å²) in [5.74, 6) is 0.284. The molecule has 2 aromatic carbocycles. The maximum atomic E-state index is 13.4. The molecule has 2 rings (SSSR count). The van der Waals surface area contributed by atoms with E-state index in [2.05, 4.69) is 5.32 Å². The molecule has 0 saturated carbocycles. The Balaban J connectivity index is 2.15. The second kappa shape index (κ2) is 13.9. The fraction of sp³-hybridized carbons (Fsp3) is 0.481. The van der Waals surface area contributed by atoms with Crippen LogP contribution in [0.3, 0.4) is 0 Å². The molecule has 0 spiro atoms. The molecule has 9 heteroatoms. The molecule has 0 aliphatic carbocycles. The number of sulfonamides is 1. The van der Waals surface area contributed by atoms with Crippen LogP contribution in [0, 0.1) is 0 Å². The van der Waals surface area contributed by atoms with Crippen molar-refractivity contribution < 1.29 is 22.7 Å².